The Hall–Kier alpha value is -2.82. The highest BCUT2D eigenvalue weighted by Gasteiger charge is 2.73. The van der Waals surface area contributed by atoms with Crippen LogP contribution in [0.4, 0.5) is 5.69 Å². The smallest absolute Gasteiger partial charge is 0.240 e. The summed E-state index contributed by atoms with van der Waals surface area (Å²) in [5, 5.41) is 0. The molecule has 0 saturated carbocycles. The molecule has 1 heterocycles. The number of hydrogen-bond donors (Lipinski definition) is 0. The normalized spacial score (nSPS) is 30.1. The van der Waals surface area contributed by atoms with Crippen LogP contribution in [-0.4, -0.2) is 18.9 Å². The van der Waals surface area contributed by atoms with Crippen molar-refractivity contribution in [2.75, 3.05) is 12.0 Å². The van der Waals surface area contributed by atoms with Crippen LogP contribution in [0.3, 0.4) is 0 Å². The first-order chi connectivity index (χ1) is 14.9. The molecule has 7 rings (SSSR count). The highest BCUT2D eigenvalue weighted by molar-refractivity contribution is 6.38. The molecule has 0 aromatic heterocycles. The fourth-order valence-electron chi connectivity index (χ4n) is 5.65. The van der Waals surface area contributed by atoms with Gasteiger partial charge in [0.1, 0.15) is 15.5 Å². The number of alkyl halides is 2. The quantitative estimate of drug-likeness (QED) is 0.417. The summed E-state index contributed by atoms with van der Waals surface area (Å²) >= 11 is 14.8. The third-order valence-corrected chi connectivity index (χ3v) is 8.20. The lowest BCUT2D eigenvalue weighted by atomic mass is 9.54. The van der Waals surface area contributed by atoms with Crippen molar-refractivity contribution in [3.05, 3.63) is 95.1 Å². The van der Waals surface area contributed by atoms with E-state index in [2.05, 4.69) is 0 Å². The average Bonchev–Trinajstić information content (AvgIpc) is 3.08. The number of anilines is 1. The van der Waals surface area contributed by atoms with Crippen LogP contribution in [0.25, 0.3) is 0 Å². The summed E-state index contributed by atoms with van der Waals surface area (Å²) in [5.74, 6) is -1.62. The Bertz CT molecular complexity index is 1150. The Morgan fingerprint density at radius 1 is 0.710 bits per heavy atom. The molecule has 6 heteroatoms. The van der Waals surface area contributed by atoms with E-state index in [9.17, 15) is 9.59 Å². The van der Waals surface area contributed by atoms with E-state index in [0.717, 1.165) is 22.3 Å². The summed E-state index contributed by atoms with van der Waals surface area (Å²) in [6.07, 6.45) is 0. The fourth-order valence-corrected chi connectivity index (χ4v) is 6.75. The van der Waals surface area contributed by atoms with E-state index in [-0.39, 0.29) is 11.8 Å². The van der Waals surface area contributed by atoms with Crippen LogP contribution < -0.4 is 9.64 Å². The van der Waals surface area contributed by atoms with Crippen LogP contribution in [0, 0.1) is 11.8 Å². The van der Waals surface area contributed by atoms with Gasteiger partial charge in [0.05, 0.1) is 24.6 Å². The van der Waals surface area contributed by atoms with Crippen molar-refractivity contribution in [1.82, 2.24) is 0 Å². The predicted molar refractivity (Wildman–Crippen MR) is 119 cm³/mol. The maximum atomic E-state index is 13.8. The number of halogens is 2. The van der Waals surface area contributed by atoms with Gasteiger partial charge < -0.3 is 4.74 Å². The van der Waals surface area contributed by atoms with E-state index in [1.165, 1.54) is 4.90 Å². The van der Waals surface area contributed by atoms with Gasteiger partial charge in [0.15, 0.2) is 0 Å². The van der Waals surface area contributed by atoms with Crippen molar-refractivity contribution in [2.24, 2.45) is 11.8 Å². The molecule has 0 spiro atoms. The molecule has 0 N–H and O–H groups in total. The Kier molecular flexibility index (Phi) is 3.73. The van der Waals surface area contributed by atoms with E-state index in [0.29, 0.717) is 11.4 Å². The molecule has 0 unspecified atom stereocenters. The van der Waals surface area contributed by atoms with Crippen LogP contribution in [0.15, 0.2) is 72.8 Å². The van der Waals surface area contributed by atoms with Gasteiger partial charge in [0.2, 0.25) is 11.8 Å². The largest absolute Gasteiger partial charge is 0.497 e. The van der Waals surface area contributed by atoms with Crippen LogP contribution in [0.5, 0.6) is 5.75 Å². The Morgan fingerprint density at radius 3 is 1.45 bits per heavy atom. The second kappa shape index (κ2) is 6.12. The number of nitrogens with zero attached hydrogens (tertiary/aromatic N) is 1. The Labute approximate surface area is 189 Å². The molecule has 0 radical (unpaired) electrons. The van der Waals surface area contributed by atoms with Crippen molar-refractivity contribution < 1.29 is 14.3 Å². The monoisotopic (exact) mass is 449 g/mol. The summed E-state index contributed by atoms with van der Waals surface area (Å²) in [6, 6.07) is 22.1. The maximum Gasteiger partial charge on any atom is 0.240 e. The van der Waals surface area contributed by atoms with Crippen molar-refractivity contribution >= 4 is 40.7 Å². The minimum atomic E-state index is -1.16. The molecule has 154 valence electrons. The number of ether oxygens (including phenoxy) is 1. The number of hydrogen-bond acceptors (Lipinski definition) is 3. The standard InChI is InChI=1S/C25H17Cl2NO3/c1-31-15-12-10-14(11-13-15)28-22(29)20-21(23(28)30)25(27)17-7-3-2-6-16(17)24(20,26)18-8-4-5-9-19(18)25/h2-13,20-21H,1H3/t20-,21-,24?,25?/m0/s1. The van der Waals surface area contributed by atoms with E-state index in [4.69, 9.17) is 27.9 Å². The summed E-state index contributed by atoms with van der Waals surface area (Å²) < 4.78 is 5.21. The summed E-state index contributed by atoms with van der Waals surface area (Å²) in [5.41, 5.74) is 3.67. The topological polar surface area (TPSA) is 46.6 Å². The second-order valence-corrected chi connectivity index (χ2v) is 9.37. The summed E-state index contributed by atoms with van der Waals surface area (Å²) in [7, 11) is 1.57. The molecule has 2 amide bonds. The molecule has 4 aliphatic rings. The highest BCUT2D eigenvalue weighted by atomic mass is 35.5. The molecule has 2 atom stereocenters. The zero-order valence-corrected chi connectivity index (χ0v) is 18.0. The average molecular weight is 450 g/mol. The number of rotatable bonds is 2. The lowest BCUT2D eigenvalue weighted by Gasteiger charge is -2.54. The van der Waals surface area contributed by atoms with Gasteiger partial charge in [-0.2, -0.15) is 0 Å². The highest BCUT2D eigenvalue weighted by Crippen LogP contribution is 2.69. The van der Waals surface area contributed by atoms with Gasteiger partial charge >= 0.3 is 0 Å². The number of methoxy groups -OCH3 is 1. The van der Waals surface area contributed by atoms with Crippen LogP contribution in [0.2, 0.25) is 0 Å². The van der Waals surface area contributed by atoms with Gasteiger partial charge in [-0.1, -0.05) is 48.5 Å². The van der Waals surface area contributed by atoms with Crippen molar-refractivity contribution in [3.63, 3.8) is 0 Å². The molecule has 1 fully saturated rings. The zero-order valence-electron chi connectivity index (χ0n) is 16.5. The summed E-state index contributed by atoms with van der Waals surface area (Å²) in [6.45, 7) is 0. The minimum absolute atomic E-state index is 0.329. The molecule has 4 nitrogen and oxygen atoms in total. The molecular formula is C25H17Cl2NO3. The van der Waals surface area contributed by atoms with E-state index in [1.54, 1.807) is 31.4 Å². The fraction of sp³-hybridized carbons (Fsp3) is 0.200. The van der Waals surface area contributed by atoms with Crippen molar-refractivity contribution in [2.45, 2.75) is 9.75 Å². The van der Waals surface area contributed by atoms with Gasteiger partial charge in [-0.25, -0.2) is 4.90 Å². The minimum Gasteiger partial charge on any atom is -0.497 e. The first kappa shape index (κ1) is 18.9. The molecular weight excluding hydrogens is 433 g/mol. The zero-order chi connectivity index (χ0) is 21.5. The second-order valence-electron chi connectivity index (χ2n) is 8.18. The Morgan fingerprint density at radius 2 is 1.10 bits per heavy atom. The maximum absolute atomic E-state index is 13.8. The van der Waals surface area contributed by atoms with Crippen LogP contribution in [-0.2, 0) is 19.3 Å². The van der Waals surface area contributed by atoms with Gasteiger partial charge in [0.25, 0.3) is 0 Å². The predicted octanol–water partition coefficient (Wildman–Crippen LogP) is 4.79. The van der Waals surface area contributed by atoms with Crippen LogP contribution in [0.1, 0.15) is 22.3 Å². The number of carbonyl (C=O) groups excluding carboxylic acids is 2. The van der Waals surface area contributed by atoms with Gasteiger partial charge in [-0.05, 0) is 46.5 Å². The van der Waals surface area contributed by atoms with Crippen LogP contribution >= 0.6 is 23.2 Å². The summed E-state index contributed by atoms with van der Waals surface area (Å²) in [4.78, 5) is 26.5. The lowest BCUT2D eigenvalue weighted by Crippen LogP contribution is -2.57. The molecule has 31 heavy (non-hydrogen) atoms. The number of imide groups is 1. The lowest BCUT2D eigenvalue weighted by molar-refractivity contribution is -0.122. The first-order valence-electron chi connectivity index (χ1n) is 10.0. The number of benzene rings is 3. The van der Waals surface area contributed by atoms with Gasteiger partial charge in [-0.15, -0.1) is 23.2 Å². The third-order valence-electron chi connectivity index (χ3n) is 6.92. The van der Waals surface area contributed by atoms with Crippen molar-refractivity contribution in [3.8, 4) is 5.75 Å². The van der Waals surface area contributed by atoms with Gasteiger partial charge in [0, 0.05) is 0 Å². The van der Waals surface area contributed by atoms with E-state index < -0.39 is 21.6 Å². The molecule has 3 aromatic carbocycles. The number of carbonyl (C=O) groups is 2. The number of amides is 2. The SMILES string of the molecule is COc1ccc(N2C(=O)[C@@H]3[C@@H](C2=O)C2(Cl)c4ccccc4C3(Cl)c3ccccc32)cc1. The molecule has 2 bridgehead atoms. The first-order valence-corrected chi connectivity index (χ1v) is 10.8. The molecule has 3 aliphatic carbocycles. The molecule has 3 aromatic rings. The van der Waals surface area contributed by atoms with Gasteiger partial charge in [-0.3, -0.25) is 9.59 Å². The van der Waals surface area contributed by atoms with Crippen molar-refractivity contribution in [1.29, 1.82) is 0 Å². The molecule has 1 aliphatic heterocycles. The Balaban J connectivity index is 1.62. The third kappa shape index (κ3) is 2.07. The van der Waals surface area contributed by atoms with E-state index >= 15 is 0 Å². The van der Waals surface area contributed by atoms with E-state index in [1.807, 2.05) is 48.5 Å². The molecule has 1 saturated heterocycles.